The Bertz CT molecular complexity index is 560. The molecule has 0 spiro atoms. The molecule has 2 aromatic rings. The van der Waals surface area contributed by atoms with Gasteiger partial charge in [-0.25, -0.2) is 0 Å². The molecule has 1 fully saturated rings. The SMILES string of the molecule is CC1CCCC1(O)c1cc2cc(Cl)ccc2o1. The second-order valence-corrected chi connectivity index (χ2v) is 5.45. The van der Waals surface area contributed by atoms with Crippen molar-refractivity contribution in [2.45, 2.75) is 31.8 Å². The average Bonchev–Trinajstić information content (AvgIpc) is 2.84. The largest absolute Gasteiger partial charge is 0.458 e. The van der Waals surface area contributed by atoms with E-state index in [1.807, 2.05) is 18.2 Å². The first-order valence-electron chi connectivity index (χ1n) is 6.01. The smallest absolute Gasteiger partial charge is 0.137 e. The number of hydrogen-bond donors (Lipinski definition) is 1. The minimum atomic E-state index is -0.800. The van der Waals surface area contributed by atoms with Crippen LogP contribution in [0, 0.1) is 5.92 Å². The van der Waals surface area contributed by atoms with Crippen LogP contribution in [0.4, 0.5) is 0 Å². The van der Waals surface area contributed by atoms with Crippen LogP contribution in [0.15, 0.2) is 28.7 Å². The summed E-state index contributed by atoms with van der Waals surface area (Å²) >= 11 is 5.95. The Morgan fingerprint density at radius 1 is 1.41 bits per heavy atom. The van der Waals surface area contributed by atoms with E-state index >= 15 is 0 Å². The molecule has 3 heteroatoms. The summed E-state index contributed by atoms with van der Waals surface area (Å²) in [7, 11) is 0. The summed E-state index contributed by atoms with van der Waals surface area (Å²) in [6, 6.07) is 7.44. The van der Waals surface area contributed by atoms with Gasteiger partial charge in [0.25, 0.3) is 0 Å². The highest BCUT2D eigenvalue weighted by Gasteiger charge is 2.42. The van der Waals surface area contributed by atoms with Crippen molar-refractivity contribution in [2.75, 3.05) is 0 Å². The van der Waals surface area contributed by atoms with Crippen molar-refractivity contribution in [1.29, 1.82) is 0 Å². The topological polar surface area (TPSA) is 33.4 Å². The van der Waals surface area contributed by atoms with Crippen molar-refractivity contribution in [3.63, 3.8) is 0 Å². The second-order valence-electron chi connectivity index (χ2n) is 5.01. The Balaban J connectivity index is 2.12. The summed E-state index contributed by atoms with van der Waals surface area (Å²) < 4.78 is 5.77. The number of hydrogen-bond acceptors (Lipinski definition) is 2. The molecule has 0 amide bonds. The molecule has 3 rings (SSSR count). The minimum Gasteiger partial charge on any atom is -0.458 e. The van der Waals surface area contributed by atoms with Crippen molar-refractivity contribution in [3.8, 4) is 0 Å². The van der Waals surface area contributed by atoms with Gasteiger partial charge < -0.3 is 9.52 Å². The van der Waals surface area contributed by atoms with E-state index in [1.165, 1.54) is 0 Å². The van der Waals surface area contributed by atoms with Crippen LogP contribution in [0.5, 0.6) is 0 Å². The Morgan fingerprint density at radius 3 is 2.94 bits per heavy atom. The molecule has 2 nitrogen and oxygen atoms in total. The van der Waals surface area contributed by atoms with Crippen LogP contribution in [0.3, 0.4) is 0 Å². The van der Waals surface area contributed by atoms with Crippen molar-refractivity contribution in [1.82, 2.24) is 0 Å². The molecule has 1 saturated carbocycles. The van der Waals surface area contributed by atoms with Gasteiger partial charge in [-0.05, 0) is 49.4 Å². The van der Waals surface area contributed by atoms with E-state index in [4.69, 9.17) is 16.0 Å². The zero-order valence-electron chi connectivity index (χ0n) is 9.74. The Labute approximate surface area is 105 Å². The van der Waals surface area contributed by atoms with Gasteiger partial charge in [-0.3, -0.25) is 0 Å². The Morgan fingerprint density at radius 2 is 2.24 bits per heavy atom. The van der Waals surface area contributed by atoms with Crippen LogP contribution in [0.25, 0.3) is 11.0 Å². The lowest BCUT2D eigenvalue weighted by molar-refractivity contribution is -0.0143. The highest BCUT2D eigenvalue weighted by molar-refractivity contribution is 6.31. The van der Waals surface area contributed by atoms with Crippen molar-refractivity contribution < 1.29 is 9.52 Å². The quantitative estimate of drug-likeness (QED) is 0.827. The molecular weight excluding hydrogens is 236 g/mol. The molecule has 1 aliphatic rings. The summed E-state index contributed by atoms with van der Waals surface area (Å²) in [6.45, 7) is 2.08. The van der Waals surface area contributed by atoms with Crippen LogP contribution in [0.1, 0.15) is 31.9 Å². The molecule has 90 valence electrons. The lowest BCUT2D eigenvalue weighted by Crippen LogP contribution is -2.27. The van der Waals surface area contributed by atoms with Gasteiger partial charge in [-0.1, -0.05) is 18.5 Å². The van der Waals surface area contributed by atoms with E-state index in [9.17, 15) is 5.11 Å². The highest BCUT2D eigenvalue weighted by Crippen LogP contribution is 2.44. The van der Waals surface area contributed by atoms with E-state index in [0.717, 1.165) is 30.2 Å². The predicted molar refractivity (Wildman–Crippen MR) is 68.1 cm³/mol. The number of halogens is 1. The van der Waals surface area contributed by atoms with Crippen molar-refractivity contribution in [3.05, 3.63) is 35.0 Å². The van der Waals surface area contributed by atoms with Crippen molar-refractivity contribution >= 4 is 22.6 Å². The van der Waals surface area contributed by atoms with Gasteiger partial charge in [0.1, 0.15) is 16.9 Å². The van der Waals surface area contributed by atoms with E-state index in [0.29, 0.717) is 10.8 Å². The lowest BCUT2D eigenvalue weighted by Gasteiger charge is -2.24. The fraction of sp³-hybridized carbons (Fsp3) is 0.429. The van der Waals surface area contributed by atoms with Crippen LogP contribution in [-0.4, -0.2) is 5.11 Å². The monoisotopic (exact) mass is 250 g/mol. The fourth-order valence-corrected chi connectivity index (χ4v) is 2.94. The predicted octanol–water partition coefficient (Wildman–Crippen LogP) is 4.09. The summed E-state index contributed by atoms with van der Waals surface area (Å²) in [5.41, 5.74) is -0.0113. The van der Waals surface area contributed by atoms with Gasteiger partial charge in [-0.15, -0.1) is 0 Å². The average molecular weight is 251 g/mol. The van der Waals surface area contributed by atoms with Crippen molar-refractivity contribution in [2.24, 2.45) is 5.92 Å². The Kier molecular flexibility index (Phi) is 2.46. The molecular formula is C14H15ClO2. The molecule has 1 N–H and O–H groups in total. The maximum atomic E-state index is 10.7. The number of aliphatic hydroxyl groups is 1. The third-order valence-corrected chi connectivity index (χ3v) is 4.15. The first-order valence-corrected chi connectivity index (χ1v) is 6.39. The molecule has 0 radical (unpaired) electrons. The summed E-state index contributed by atoms with van der Waals surface area (Å²) in [5, 5.41) is 12.3. The van der Waals surface area contributed by atoms with Crippen LogP contribution < -0.4 is 0 Å². The van der Waals surface area contributed by atoms with Gasteiger partial charge in [0.2, 0.25) is 0 Å². The van der Waals surface area contributed by atoms with E-state index in [-0.39, 0.29) is 5.92 Å². The van der Waals surface area contributed by atoms with Gasteiger partial charge in [-0.2, -0.15) is 0 Å². The van der Waals surface area contributed by atoms with Crippen LogP contribution in [0.2, 0.25) is 5.02 Å². The molecule has 0 aliphatic heterocycles. The molecule has 1 aliphatic carbocycles. The van der Waals surface area contributed by atoms with E-state index in [1.54, 1.807) is 6.07 Å². The first-order chi connectivity index (χ1) is 8.09. The van der Waals surface area contributed by atoms with E-state index < -0.39 is 5.60 Å². The standard InChI is InChI=1S/C14H15ClO2/c1-9-3-2-6-14(9,16)13-8-10-7-11(15)4-5-12(10)17-13/h4-5,7-9,16H,2-3,6H2,1H3. The van der Waals surface area contributed by atoms with Gasteiger partial charge >= 0.3 is 0 Å². The maximum absolute atomic E-state index is 10.7. The van der Waals surface area contributed by atoms with Crippen LogP contribution >= 0.6 is 11.6 Å². The lowest BCUT2D eigenvalue weighted by atomic mass is 9.90. The van der Waals surface area contributed by atoms with Gasteiger partial charge in [0.05, 0.1) is 0 Å². The number of benzene rings is 1. The third kappa shape index (κ3) is 1.67. The molecule has 0 bridgehead atoms. The summed E-state index contributed by atoms with van der Waals surface area (Å²) in [6.07, 6.45) is 2.88. The minimum absolute atomic E-state index is 0.249. The molecule has 2 unspecified atom stereocenters. The van der Waals surface area contributed by atoms with Gasteiger partial charge in [0, 0.05) is 10.4 Å². The fourth-order valence-electron chi connectivity index (χ4n) is 2.76. The second kappa shape index (κ2) is 3.76. The van der Waals surface area contributed by atoms with Gasteiger partial charge in [0.15, 0.2) is 0 Å². The molecule has 2 atom stereocenters. The zero-order valence-corrected chi connectivity index (χ0v) is 10.5. The summed E-state index contributed by atoms with van der Waals surface area (Å²) in [5.74, 6) is 0.929. The maximum Gasteiger partial charge on any atom is 0.137 e. The van der Waals surface area contributed by atoms with E-state index in [2.05, 4.69) is 6.92 Å². The number of rotatable bonds is 1. The Hall–Kier alpha value is -0.990. The number of fused-ring (bicyclic) bond motifs is 1. The highest BCUT2D eigenvalue weighted by atomic mass is 35.5. The molecule has 1 aromatic heterocycles. The van der Waals surface area contributed by atoms with Crippen LogP contribution in [-0.2, 0) is 5.60 Å². The number of furan rings is 1. The molecule has 1 heterocycles. The molecule has 0 saturated heterocycles. The molecule has 1 aromatic carbocycles. The molecule has 17 heavy (non-hydrogen) atoms. The zero-order chi connectivity index (χ0) is 12.0. The third-order valence-electron chi connectivity index (χ3n) is 3.92. The summed E-state index contributed by atoms with van der Waals surface area (Å²) in [4.78, 5) is 0. The normalized spacial score (nSPS) is 29.0. The first kappa shape index (κ1) is 11.1.